The molecule has 110 valence electrons. The van der Waals surface area contributed by atoms with E-state index in [0.717, 1.165) is 6.26 Å². The molecule has 2 N–H and O–H groups in total. The average Bonchev–Trinajstić information content (AvgIpc) is 2.73. The van der Waals surface area contributed by atoms with E-state index in [2.05, 4.69) is 5.32 Å². The predicted molar refractivity (Wildman–Crippen MR) is 69.0 cm³/mol. The molecule has 2 atom stereocenters. The average molecular weight is 292 g/mol. The summed E-state index contributed by atoms with van der Waals surface area (Å²) in [4.78, 5) is 22.4. The van der Waals surface area contributed by atoms with E-state index in [1.807, 2.05) is 0 Å². The van der Waals surface area contributed by atoms with Gasteiger partial charge in [0.05, 0.1) is 6.26 Å². The summed E-state index contributed by atoms with van der Waals surface area (Å²) in [5, 5.41) is 11.2. The van der Waals surface area contributed by atoms with Gasteiger partial charge in [0.2, 0.25) is 15.9 Å². The van der Waals surface area contributed by atoms with E-state index < -0.39 is 22.0 Å². The fourth-order valence-corrected chi connectivity index (χ4v) is 3.29. The normalized spacial score (nSPS) is 22.1. The van der Waals surface area contributed by atoms with E-state index >= 15 is 0 Å². The lowest BCUT2D eigenvalue weighted by Gasteiger charge is -2.22. The number of amides is 1. The topological polar surface area (TPSA) is 104 Å². The Morgan fingerprint density at radius 1 is 1.47 bits per heavy atom. The van der Waals surface area contributed by atoms with E-state index in [1.54, 1.807) is 6.92 Å². The minimum Gasteiger partial charge on any atom is -0.481 e. The summed E-state index contributed by atoms with van der Waals surface area (Å²) in [5.74, 6) is -1.45. The maximum Gasteiger partial charge on any atom is 0.303 e. The molecule has 8 heteroatoms. The maximum atomic E-state index is 11.9. The van der Waals surface area contributed by atoms with Crippen LogP contribution in [0.25, 0.3) is 0 Å². The molecule has 0 spiro atoms. The van der Waals surface area contributed by atoms with Gasteiger partial charge in [-0.25, -0.2) is 8.42 Å². The van der Waals surface area contributed by atoms with E-state index in [-0.39, 0.29) is 24.8 Å². The molecule has 0 aromatic heterocycles. The second-order valence-corrected chi connectivity index (χ2v) is 6.91. The van der Waals surface area contributed by atoms with Gasteiger partial charge in [-0.3, -0.25) is 9.59 Å². The van der Waals surface area contributed by atoms with Gasteiger partial charge >= 0.3 is 5.97 Å². The Bertz CT molecular complexity index is 448. The molecule has 0 aromatic carbocycles. The molecule has 0 aromatic rings. The highest BCUT2D eigenvalue weighted by Gasteiger charge is 2.36. The number of hydrogen-bond acceptors (Lipinski definition) is 4. The first kappa shape index (κ1) is 15.9. The second-order valence-electron chi connectivity index (χ2n) is 4.98. The molecule has 1 rings (SSSR count). The molecule has 19 heavy (non-hydrogen) atoms. The van der Waals surface area contributed by atoms with Crippen molar-refractivity contribution in [1.29, 1.82) is 0 Å². The monoisotopic (exact) mass is 292 g/mol. The summed E-state index contributed by atoms with van der Waals surface area (Å²) in [7, 11) is -3.38. The fraction of sp³-hybridized carbons (Fsp3) is 0.818. The van der Waals surface area contributed by atoms with Gasteiger partial charge in [0.25, 0.3) is 0 Å². The molecule has 0 bridgehead atoms. The molecular weight excluding hydrogens is 272 g/mol. The molecule has 0 saturated carbocycles. The minimum absolute atomic E-state index is 0.0270. The molecule has 1 saturated heterocycles. The van der Waals surface area contributed by atoms with Crippen molar-refractivity contribution in [3.8, 4) is 0 Å². The van der Waals surface area contributed by atoms with Crippen LogP contribution in [-0.2, 0) is 19.6 Å². The van der Waals surface area contributed by atoms with Gasteiger partial charge in [0, 0.05) is 19.5 Å². The van der Waals surface area contributed by atoms with Crippen molar-refractivity contribution in [3.05, 3.63) is 0 Å². The van der Waals surface area contributed by atoms with E-state index in [4.69, 9.17) is 5.11 Å². The van der Waals surface area contributed by atoms with Crippen LogP contribution in [-0.4, -0.2) is 55.1 Å². The molecule has 7 nitrogen and oxygen atoms in total. The summed E-state index contributed by atoms with van der Waals surface area (Å²) in [6, 6.07) is -0.660. The fourth-order valence-electron chi connectivity index (χ4n) is 2.16. The van der Waals surface area contributed by atoms with Gasteiger partial charge in [-0.05, 0) is 18.8 Å². The lowest BCUT2D eigenvalue weighted by atomic mass is 10.1. The van der Waals surface area contributed by atoms with Crippen LogP contribution in [0.4, 0.5) is 0 Å². The SMILES string of the molecule is C[C@H](CNC(=O)[C@H]1CCCN1S(C)(=O)=O)CC(=O)O. The van der Waals surface area contributed by atoms with Crippen LogP contribution in [0, 0.1) is 5.92 Å². The van der Waals surface area contributed by atoms with Crippen LogP contribution < -0.4 is 5.32 Å². The van der Waals surface area contributed by atoms with Crippen LogP contribution in [0.1, 0.15) is 26.2 Å². The van der Waals surface area contributed by atoms with Crippen LogP contribution in [0.3, 0.4) is 0 Å². The third-order valence-electron chi connectivity index (χ3n) is 3.08. The maximum absolute atomic E-state index is 11.9. The number of aliphatic carboxylic acids is 1. The Morgan fingerprint density at radius 3 is 2.63 bits per heavy atom. The summed E-state index contributed by atoms with van der Waals surface area (Å²) in [6.45, 7) is 2.32. The lowest BCUT2D eigenvalue weighted by Crippen LogP contribution is -2.46. The number of nitrogens with one attached hydrogen (secondary N) is 1. The lowest BCUT2D eigenvalue weighted by molar-refractivity contribution is -0.138. The van der Waals surface area contributed by atoms with Crippen molar-refractivity contribution < 1.29 is 23.1 Å². The van der Waals surface area contributed by atoms with E-state index in [9.17, 15) is 18.0 Å². The van der Waals surface area contributed by atoms with Crippen molar-refractivity contribution >= 4 is 21.9 Å². The van der Waals surface area contributed by atoms with E-state index in [0.29, 0.717) is 19.4 Å². The number of carboxylic acids is 1. The number of carbonyl (C=O) groups excluding carboxylic acids is 1. The molecule has 1 aliphatic rings. The first-order valence-corrected chi connectivity index (χ1v) is 8.03. The van der Waals surface area contributed by atoms with Gasteiger partial charge in [-0.2, -0.15) is 4.31 Å². The minimum atomic E-state index is -3.38. The first-order valence-electron chi connectivity index (χ1n) is 6.18. The highest BCUT2D eigenvalue weighted by Crippen LogP contribution is 2.20. The summed E-state index contributed by atoms with van der Waals surface area (Å²) in [5.41, 5.74) is 0. The van der Waals surface area contributed by atoms with E-state index in [1.165, 1.54) is 4.31 Å². The molecule has 0 unspecified atom stereocenters. The zero-order valence-electron chi connectivity index (χ0n) is 11.1. The van der Waals surface area contributed by atoms with Crippen LogP contribution in [0.15, 0.2) is 0 Å². The van der Waals surface area contributed by atoms with Crippen LogP contribution >= 0.6 is 0 Å². The highest BCUT2D eigenvalue weighted by molar-refractivity contribution is 7.88. The van der Waals surface area contributed by atoms with Crippen LogP contribution in [0.2, 0.25) is 0 Å². The number of sulfonamides is 1. The van der Waals surface area contributed by atoms with Gasteiger partial charge in [0.1, 0.15) is 6.04 Å². The van der Waals surface area contributed by atoms with Crippen molar-refractivity contribution in [2.45, 2.75) is 32.2 Å². The zero-order valence-corrected chi connectivity index (χ0v) is 11.9. The Labute approximate surface area is 113 Å². The van der Waals surface area contributed by atoms with Crippen molar-refractivity contribution in [2.24, 2.45) is 5.92 Å². The largest absolute Gasteiger partial charge is 0.481 e. The Kier molecular flexibility index (Phi) is 5.30. The number of hydrogen-bond donors (Lipinski definition) is 2. The zero-order chi connectivity index (χ0) is 14.6. The van der Waals surface area contributed by atoms with Crippen molar-refractivity contribution in [3.63, 3.8) is 0 Å². The first-order chi connectivity index (χ1) is 8.71. The van der Waals surface area contributed by atoms with Gasteiger partial charge in [-0.1, -0.05) is 6.92 Å². The van der Waals surface area contributed by atoms with Crippen molar-refractivity contribution in [2.75, 3.05) is 19.3 Å². The summed E-state index contributed by atoms with van der Waals surface area (Å²) in [6.07, 6.45) is 2.23. The third kappa shape index (κ3) is 4.79. The second kappa shape index (κ2) is 6.33. The van der Waals surface area contributed by atoms with Crippen LogP contribution in [0.5, 0.6) is 0 Å². The third-order valence-corrected chi connectivity index (χ3v) is 4.37. The number of carboxylic acid groups (broad SMARTS) is 1. The molecule has 0 radical (unpaired) electrons. The molecule has 1 aliphatic heterocycles. The predicted octanol–water partition coefficient (Wildman–Crippen LogP) is -0.363. The molecule has 1 heterocycles. The Balaban J connectivity index is 2.52. The molecule has 1 amide bonds. The van der Waals surface area contributed by atoms with Crippen molar-refractivity contribution in [1.82, 2.24) is 9.62 Å². The molecule has 1 fully saturated rings. The molecule has 0 aliphatic carbocycles. The number of rotatable bonds is 6. The van der Waals surface area contributed by atoms with Gasteiger partial charge in [-0.15, -0.1) is 0 Å². The van der Waals surface area contributed by atoms with Gasteiger partial charge in [0.15, 0.2) is 0 Å². The Morgan fingerprint density at radius 2 is 2.11 bits per heavy atom. The standard InChI is InChI=1S/C11H20N2O5S/c1-8(6-10(14)15)7-12-11(16)9-4-3-5-13(9)19(2,17)18/h8-9H,3-7H2,1-2H3,(H,12,16)(H,14,15)/t8-,9+/m0/s1. The highest BCUT2D eigenvalue weighted by atomic mass is 32.2. The summed E-state index contributed by atoms with van der Waals surface area (Å²) < 4.78 is 24.2. The summed E-state index contributed by atoms with van der Waals surface area (Å²) >= 11 is 0. The smallest absolute Gasteiger partial charge is 0.303 e. The number of carbonyl (C=O) groups is 2. The van der Waals surface area contributed by atoms with Gasteiger partial charge < -0.3 is 10.4 Å². The molecular formula is C11H20N2O5S. The number of nitrogens with zero attached hydrogens (tertiary/aromatic N) is 1. The Hall–Kier alpha value is -1.15. The quantitative estimate of drug-likeness (QED) is 0.695.